The van der Waals surface area contributed by atoms with Gasteiger partial charge in [-0.15, -0.1) is 0 Å². The third kappa shape index (κ3) is 33.8. The standard InChI is InChI=1S/C40H76O6/c1-5-7-9-11-13-14-15-20-24-28-32-39(42)45-35-37(34-44-38(41)31-27-23-18-12-10-8-6-2)46-40(43)33-29-25-21-17-16-19-22-26-30-36(3)4/h36-37H,5-35H2,1-4H3/t37-/m0/s1. The summed E-state index contributed by atoms with van der Waals surface area (Å²) >= 11 is 0. The number of carbonyl (C=O) groups is 3. The highest BCUT2D eigenvalue weighted by atomic mass is 16.6. The molecule has 0 aliphatic rings. The van der Waals surface area contributed by atoms with Crippen molar-refractivity contribution in [2.24, 2.45) is 5.92 Å². The summed E-state index contributed by atoms with van der Waals surface area (Å²) < 4.78 is 16.6. The Morgan fingerprint density at radius 1 is 0.413 bits per heavy atom. The molecule has 0 saturated heterocycles. The normalized spacial score (nSPS) is 11.9. The summed E-state index contributed by atoms with van der Waals surface area (Å²) in [5, 5.41) is 0. The molecule has 272 valence electrons. The highest BCUT2D eigenvalue weighted by Gasteiger charge is 2.19. The van der Waals surface area contributed by atoms with Gasteiger partial charge in [-0.1, -0.05) is 175 Å². The molecule has 1 atom stereocenters. The number of unbranched alkanes of at least 4 members (excludes halogenated alkanes) is 22. The second-order valence-electron chi connectivity index (χ2n) is 14.0. The second-order valence-corrected chi connectivity index (χ2v) is 14.0. The zero-order valence-electron chi connectivity index (χ0n) is 31.0. The van der Waals surface area contributed by atoms with Crippen LogP contribution in [0.4, 0.5) is 0 Å². The molecule has 0 saturated carbocycles. The van der Waals surface area contributed by atoms with Gasteiger partial charge in [0.25, 0.3) is 0 Å². The van der Waals surface area contributed by atoms with E-state index in [-0.39, 0.29) is 31.1 Å². The van der Waals surface area contributed by atoms with Gasteiger partial charge >= 0.3 is 17.9 Å². The molecule has 0 amide bonds. The van der Waals surface area contributed by atoms with Crippen LogP contribution < -0.4 is 0 Å². The summed E-state index contributed by atoms with van der Waals surface area (Å²) in [6.07, 6.45) is 31.0. The van der Waals surface area contributed by atoms with E-state index in [0.717, 1.165) is 63.7 Å². The van der Waals surface area contributed by atoms with Gasteiger partial charge in [0, 0.05) is 19.3 Å². The third-order valence-electron chi connectivity index (χ3n) is 8.79. The average molecular weight is 653 g/mol. The molecule has 0 heterocycles. The van der Waals surface area contributed by atoms with Crippen LogP contribution in [0.5, 0.6) is 0 Å². The van der Waals surface area contributed by atoms with Crippen molar-refractivity contribution in [2.75, 3.05) is 13.2 Å². The molecule has 0 fully saturated rings. The molecule has 0 spiro atoms. The number of hydrogen-bond acceptors (Lipinski definition) is 6. The number of rotatable bonds is 35. The van der Waals surface area contributed by atoms with Gasteiger partial charge in [0.1, 0.15) is 13.2 Å². The van der Waals surface area contributed by atoms with Crippen molar-refractivity contribution in [3.05, 3.63) is 0 Å². The van der Waals surface area contributed by atoms with Crippen LogP contribution in [-0.2, 0) is 28.6 Å². The lowest BCUT2D eigenvalue weighted by Crippen LogP contribution is -2.30. The van der Waals surface area contributed by atoms with E-state index in [0.29, 0.717) is 19.3 Å². The Balaban J connectivity index is 4.33. The van der Waals surface area contributed by atoms with E-state index >= 15 is 0 Å². The van der Waals surface area contributed by atoms with Gasteiger partial charge in [-0.2, -0.15) is 0 Å². The second kappa shape index (κ2) is 34.7. The fourth-order valence-electron chi connectivity index (χ4n) is 5.74. The van der Waals surface area contributed by atoms with Crippen molar-refractivity contribution in [1.29, 1.82) is 0 Å². The van der Waals surface area contributed by atoms with Crippen LogP contribution in [0.2, 0.25) is 0 Å². The van der Waals surface area contributed by atoms with Crippen LogP contribution in [0.3, 0.4) is 0 Å². The van der Waals surface area contributed by atoms with Gasteiger partial charge in [-0.3, -0.25) is 14.4 Å². The third-order valence-corrected chi connectivity index (χ3v) is 8.79. The van der Waals surface area contributed by atoms with E-state index in [1.54, 1.807) is 0 Å². The molecule has 6 heteroatoms. The number of ether oxygens (including phenoxy) is 3. The van der Waals surface area contributed by atoms with Crippen LogP contribution in [0.25, 0.3) is 0 Å². The Hall–Kier alpha value is -1.59. The predicted octanol–water partition coefficient (Wildman–Crippen LogP) is 12.0. The van der Waals surface area contributed by atoms with Crippen molar-refractivity contribution in [2.45, 2.75) is 220 Å². The van der Waals surface area contributed by atoms with Gasteiger partial charge in [-0.05, 0) is 25.2 Å². The lowest BCUT2D eigenvalue weighted by Gasteiger charge is -2.18. The smallest absolute Gasteiger partial charge is 0.306 e. The summed E-state index contributed by atoms with van der Waals surface area (Å²) in [7, 11) is 0. The van der Waals surface area contributed by atoms with Gasteiger partial charge < -0.3 is 14.2 Å². The average Bonchev–Trinajstić information content (AvgIpc) is 3.03. The van der Waals surface area contributed by atoms with E-state index in [2.05, 4.69) is 27.7 Å². The molecule has 0 aromatic carbocycles. The summed E-state index contributed by atoms with van der Waals surface area (Å²) in [6, 6.07) is 0. The molecular weight excluding hydrogens is 576 g/mol. The van der Waals surface area contributed by atoms with E-state index in [9.17, 15) is 14.4 Å². The van der Waals surface area contributed by atoms with Gasteiger partial charge in [0.2, 0.25) is 0 Å². The van der Waals surface area contributed by atoms with Crippen molar-refractivity contribution in [3.8, 4) is 0 Å². The maximum absolute atomic E-state index is 12.6. The number of carbonyl (C=O) groups excluding carboxylic acids is 3. The highest BCUT2D eigenvalue weighted by molar-refractivity contribution is 5.71. The van der Waals surface area contributed by atoms with Gasteiger partial charge in [-0.25, -0.2) is 0 Å². The minimum absolute atomic E-state index is 0.0656. The van der Waals surface area contributed by atoms with E-state index < -0.39 is 6.10 Å². The molecule has 6 nitrogen and oxygen atoms in total. The molecule has 0 radical (unpaired) electrons. The van der Waals surface area contributed by atoms with E-state index in [1.807, 2.05) is 0 Å². The van der Waals surface area contributed by atoms with Crippen molar-refractivity contribution >= 4 is 17.9 Å². The Morgan fingerprint density at radius 2 is 0.717 bits per heavy atom. The van der Waals surface area contributed by atoms with E-state index in [1.165, 1.54) is 109 Å². The first-order chi connectivity index (χ1) is 22.4. The van der Waals surface area contributed by atoms with Crippen LogP contribution in [0.1, 0.15) is 214 Å². The quantitative estimate of drug-likeness (QED) is 0.0385. The topological polar surface area (TPSA) is 78.9 Å². The minimum Gasteiger partial charge on any atom is -0.462 e. The van der Waals surface area contributed by atoms with Gasteiger partial charge in [0.15, 0.2) is 6.10 Å². The van der Waals surface area contributed by atoms with Crippen LogP contribution >= 0.6 is 0 Å². The molecule has 0 aliphatic carbocycles. The predicted molar refractivity (Wildman–Crippen MR) is 192 cm³/mol. The number of esters is 3. The molecular formula is C40H76O6. The fraction of sp³-hybridized carbons (Fsp3) is 0.925. The maximum atomic E-state index is 12.6. The zero-order valence-corrected chi connectivity index (χ0v) is 31.0. The van der Waals surface area contributed by atoms with Crippen LogP contribution in [0.15, 0.2) is 0 Å². The first-order valence-corrected chi connectivity index (χ1v) is 19.9. The Labute approximate surface area is 285 Å². The van der Waals surface area contributed by atoms with E-state index in [4.69, 9.17) is 14.2 Å². The Bertz CT molecular complexity index is 691. The van der Waals surface area contributed by atoms with Crippen LogP contribution in [0, 0.1) is 5.92 Å². The fourth-order valence-corrected chi connectivity index (χ4v) is 5.74. The molecule has 0 unspecified atom stereocenters. The number of hydrogen-bond donors (Lipinski definition) is 0. The lowest BCUT2D eigenvalue weighted by molar-refractivity contribution is -0.167. The minimum atomic E-state index is -0.756. The highest BCUT2D eigenvalue weighted by Crippen LogP contribution is 2.15. The first kappa shape index (κ1) is 44.4. The largest absolute Gasteiger partial charge is 0.462 e. The Morgan fingerprint density at radius 3 is 1.07 bits per heavy atom. The SMILES string of the molecule is CCCCCCCCCCCCC(=O)OC[C@H](COC(=O)CCCCCCCCC)OC(=O)CCCCCCCCCCC(C)C. The first-order valence-electron chi connectivity index (χ1n) is 19.9. The Kier molecular flexibility index (Phi) is 33.5. The summed E-state index contributed by atoms with van der Waals surface area (Å²) in [4.78, 5) is 37.3. The maximum Gasteiger partial charge on any atom is 0.306 e. The lowest BCUT2D eigenvalue weighted by atomic mass is 10.0. The molecule has 46 heavy (non-hydrogen) atoms. The monoisotopic (exact) mass is 653 g/mol. The molecule has 0 bridgehead atoms. The zero-order chi connectivity index (χ0) is 33.9. The molecule has 0 aliphatic heterocycles. The summed E-state index contributed by atoms with van der Waals surface area (Å²) in [5.74, 6) is -0.0787. The van der Waals surface area contributed by atoms with Crippen molar-refractivity contribution < 1.29 is 28.6 Å². The summed E-state index contributed by atoms with van der Waals surface area (Å²) in [5.41, 5.74) is 0. The van der Waals surface area contributed by atoms with Crippen molar-refractivity contribution in [1.82, 2.24) is 0 Å². The van der Waals surface area contributed by atoms with Gasteiger partial charge in [0.05, 0.1) is 0 Å². The van der Waals surface area contributed by atoms with Crippen LogP contribution in [-0.4, -0.2) is 37.2 Å². The molecule has 0 aromatic heterocycles. The van der Waals surface area contributed by atoms with Crippen molar-refractivity contribution in [3.63, 3.8) is 0 Å². The molecule has 0 N–H and O–H groups in total. The molecule has 0 aromatic rings. The summed E-state index contributed by atoms with van der Waals surface area (Å²) in [6.45, 7) is 8.88. The molecule has 0 rings (SSSR count).